The highest BCUT2D eigenvalue weighted by Gasteiger charge is 2.13. The Balaban J connectivity index is 2.85. The van der Waals surface area contributed by atoms with Crippen molar-refractivity contribution in [3.8, 4) is 11.5 Å². The lowest BCUT2D eigenvalue weighted by Gasteiger charge is -2.10. The largest absolute Gasteiger partial charge is 0.497 e. The molecule has 0 bridgehead atoms. The SMILES string of the molecule is COc1ccc(C(=O)CCC(C)P)c(OC)c1. The van der Waals surface area contributed by atoms with Crippen LogP contribution in [0.25, 0.3) is 0 Å². The van der Waals surface area contributed by atoms with E-state index in [4.69, 9.17) is 9.47 Å². The van der Waals surface area contributed by atoms with E-state index >= 15 is 0 Å². The van der Waals surface area contributed by atoms with E-state index in [1.807, 2.05) is 0 Å². The molecule has 0 fully saturated rings. The van der Waals surface area contributed by atoms with Gasteiger partial charge in [0.1, 0.15) is 11.5 Å². The van der Waals surface area contributed by atoms with Gasteiger partial charge in [0.05, 0.1) is 19.8 Å². The summed E-state index contributed by atoms with van der Waals surface area (Å²) in [5.41, 5.74) is 1.07. The molecule has 3 nitrogen and oxygen atoms in total. The van der Waals surface area contributed by atoms with E-state index in [1.54, 1.807) is 32.4 Å². The Morgan fingerprint density at radius 2 is 2.06 bits per heavy atom. The number of benzene rings is 1. The maximum atomic E-state index is 12.0. The fourth-order valence-corrected chi connectivity index (χ4v) is 1.69. The number of methoxy groups -OCH3 is 2. The molecule has 1 aromatic rings. The van der Waals surface area contributed by atoms with Crippen LogP contribution in [0.1, 0.15) is 30.1 Å². The summed E-state index contributed by atoms with van der Waals surface area (Å²) in [6.07, 6.45) is 1.39. The topological polar surface area (TPSA) is 35.5 Å². The van der Waals surface area contributed by atoms with Gasteiger partial charge >= 0.3 is 0 Å². The van der Waals surface area contributed by atoms with Crippen LogP contribution < -0.4 is 9.47 Å². The summed E-state index contributed by atoms with van der Waals surface area (Å²) < 4.78 is 10.3. The Morgan fingerprint density at radius 1 is 1.35 bits per heavy atom. The van der Waals surface area contributed by atoms with E-state index in [2.05, 4.69) is 16.2 Å². The first-order valence-electron chi connectivity index (χ1n) is 5.59. The predicted molar refractivity (Wildman–Crippen MR) is 72.3 cm³/mol. The van der Waals surface area contributed by atoms with Crippen LogP contribution in [-0.4, -0.2) is 25.7 Å². The molecule has 0 heterocycles. The number of carbonyl (C=O) groups is 1. The van der Waals surface area contributed by atoms with Crippen molar-refractivity contribution in [2.45, 2.75) is 25.4 Å². The Kier molecular flexibility index (Phi) is 5.43. The summed E-state index contributed by atoms with van der Waals surface area (Å²) in [6.45, 7) is 2.07. The molecule has 0 radical (unpaired) electrons. The van der Waals surface area contributed by atoms with Gasteiger partial charge in [-0.15, -0.1) is 9.24 Å². The first-order valence-corrected chi connectivity index (χ1v) is 6.26. The van der Waals surface area contributed by atoms with E-state index in [0.717, 1.165) is 6.42 Å². The van der Waals surface area contributed by atoms with Gasteiger partial charge in [0.15, 0.2) is 5.78 Å². The molecule has 0 saturated carbocycles. The lowest BCUT2D eigenvalue weighted by molar-refractivity contribution is 0.0977. The fraction of sp³-hybridized carbons (Fsp3) is 0.462. The van der Waals surface area contributed by atoms with Crippen LogP contribution in [-0.2, 0) is 0 Å². The van der Waals surface area contributed by atoms with Crippen LogP contribution >= 0.6 is 9.24 Å². The summed E-state index contributed by atoms with van der Waals surface area (Å²) in [5, 5.41) is 0. The Bertz CT molecular complexity index is 388. The van der Waals surface area contributed by atoms with Gasteiger partial charge in [-0.3, -0.25) is 4.79 Å². The maximum Gasteiger partial charge on any atom is 0.166 e. The minimum absolute atomic E-state index is 0.110. The molecule has 2 atom stereocenters. The third kappa shape index (κ3) is 4.01. The van der Waals surface area contributed by atoms with Crippen molar-refractivity contribution in [1.82, 2.24) is 0 Å². The first kappa shape index (κ1) is 14.0. The smallest absolute Gasteiger partial charge is 0.166 e. The van der Waals surface area contributed by atoms with Crippen molar-refractivity contribution in [2.75, 3.05) is 14.2 Å². The standard InChI is InChI=1S/C13H19O3P/c1-9(17)4-7-12(14)11-6-5-10(15-2)8-13(11)16-3/h5-6,8-9H,4,7,17H2,1-3H3. The molecule has 0 saturated heterocycles. The van der Waals surface area contributed by atoms with Crippen molar-refractivity contribution < 1.29 is 14.3 Å². The van der Waals surface area contributed by atoms with Crippen LogP contribution in [0.3, 0.4) is 0 Å². The number of Topliss-reactive ketones (excluding diaryl/α,β-unsaturated/α-hetero) is 1. The lowest BCUT2D eigenvalue weighted by Crippen LogP contribution is -2.04. The normalized spacial score (nSPS) is 12.0. The van der Waals surface area contributed by atoms with Gasteiger partial charge < -0.3 is 9.47 Å². The molecule has 1 aromatic carbocycles. The Hall–Kier alpha value is -1.08. The third-order valence-corrected chi connectivity index (χ3v) is 2.87. The van der Waals surface area contributed by atoms with E-state index in [1.165, 1.54) is 0 Å². The van der Waals surface area contributed by atoms with Crippen molar-refractivity contribution >= 4 is 15.0 Å². The molecular formula is C13H19O3P. The van der Waals surface area contributed by atoms with Gasteiger partial charge in [0.25, 0.3) is 0 Å². The number of hydrogen-bond acceptors (Lipinski definition) is 3. The van der Waals surface area contributed by atoms with Crippen molar-refractivity contribution in [2.24, 2.45) is 0 Å². The summed E-state index contributed by atoms with van der Waals surface area (Å²) in [5.74, 6) is 1.38. The number of hydrogen-bond donors (Lipinski definition) is 0. The molecule has 17 heavy (non-hydrogen) atoms. The van der Waals surface area contributed by atoms with Crippen LogP contribution in [0.2, 0.25) is 0 Å². The molecule has 2 unspecified atom stereocenters. The first-order chi connectivity index (χ1) is 8.08. The molecule has 0 N–H and O–H groups in total. The molecule has 0 aromatic heterocycles. The number of carbonyl (C=O) groups excluding carboxylic acids is 1. The zero-order chi connectivity index (χ0) is 12.8. The molecular weight excluding hydrogens is 235 g/mol. The van der Waals surface area contributed by atoms with Gasteiger partial charge in [-0.05, 0) is 24.2 Å². The Labute approximate surface area is 105 Å². The second kappa shape index (κ2) is 6.61. The van der Waals surface area contributed by atoms with E-state index in [-0.39, 0.29) is 5.78 Å². The highest BCUT2D eigenvalue weighted by molar-refractivity contribution is 7.17. The number of ketones is 1. The van der Waals surface area contributed by atoms with Crippen molar-refractivity contribution in [3.05, 3.63) is 23.8 Å². The number of rotatable bonds is 6. The van der Waals surface area contributed by atoms with Crippen LogP contribution in [0.4, 0.5) is 0 Å². The highest BCUT2D eigenvalue weighted by atomic mass is 31.0. The van der Waals surface area contributed by atoms with E-state index < -0.39 is 0 Å². The molecule has 0 spiro atoms. The van der Waals surface area contributed by atoms with E-state index in [9.17, 15) is 4.79 Å². The monoisotopic (exact) mass is 254 g/mol. The van der Waals surface area contributed by atoms with Crippen LogP contribution in [0.5, 0.6) is 11.5 Å². The quantitative estimate of drug-likeness (QED) is 0.578. The average molecular weight is 254 g/mol. The van der Waals surface area contributed by atoms with Gasteiger partial charge in [0, 0.05) is 12.5 Å². The summed E-state index contributed by atoms with van der Waals surface area (Å²) in [4.78, 5) is 12.0. The Morgan fingerprint density at radius 3 is 2.59 bits per heavy atom. The molecule has 0 aliphatic heterocycles. The average Bonchev–Trinajstić information content (AvgIpc) is 2.34. The molecule has 4 heteroatoms. The lowest BCUT2D eigenvalue weighted by atomic mass is 10.0. The van der Waals surface area contributed by atoms with Crippen molar-refractivity contribution in [3.63, 3.8) is 0 Å². The van der Waals surface area contributed by atoms with Gasteiger partial charge in [-0.25, -0.2) is 0 Å². The summed E-state index contributed by atoms with van der Waals surface area (Å²) in [6, 6.07) is 5.27. The number of ether oxygens (including phenoxy) is 2. The van der Waals surface area contributed by atoms with Crippen LogP contribution in [0, 0.1) is 0 Å². The van der Waals surface area contributed by atoms with Crippen molar-refractivity contribution in [1.29, 1.82) is 0 Å². The van der Waals surface area contributed by atoms with Gasteiger partial charge in [-0.1, -0.05) is 6.92 Å². The maximum absolute atomic E-state index is 12.0. The second-order valence-corrected chi connectivity index (χ2v) is 5.14. The minimum atomic E-state index is 0.110. The molecule has 94 valence electrons. The van der Waals surface area contributed by atoms with Crippen LogP contribution in [0.15, 0.2) is 18.2 Å². The second-order valence-electron chi connectivity index (χ2n) is 4.01. The highest BCUT2D eigenvalue weighted by Crippen LogP contribution is 2.26. The molecule has 0 aliphatic rings. The molecule has 0 aliphatic carbocycles. The zero-order valence-electron chi connectivity index (χ0n) is 10.5. The van der Waals surface area contributed by atoms with Gasteiger partial charge in [-0.2, -0.15) is 0 Å². The van der Waals surface area contributed by atoms with E-state index in [0.29, 0.717) is 29.1 Å². The molecule has 0 amide bonds. The fourth-order valence-electron chi connectivity index (χ4n) is 1.52. The molecule has 1 rings (SSSR count). The van der Waals surface area contributed by atoms with Gasteiger partial charge in [0.2, 0.25) is 0 Å². The minimum Gasteiger partial charge on any atom is -0.497 e. The zero-order valence-corrected chi connectivity index (χ0v) is 11.7. The summed E-state index contributed by atoms with van der Waals surface area (Å²) >= 11 is 0. The summed E-state index contributed by atoms with van der Waals surface area (Å²) in [7, 11) is 5.85. The predicted octanol–water partition coefficient (Wildman–Crippen LogP) is 2.93. The third-order valence-electron chi connectivity index (χ3n) is 2.54.